The molecule has 0 radical (unpaired) electrons. The highest BCUT2D eigenvalue weighted by atomic mass is 19.4. The van der Waals surface area contributed by atoms with Crippen molar-refractivity contribution in [1.82, 2.24) is 15.3 Å². The van der Waals surface area contributed by atoms with Crippen LogP contribution in [0.15, 0.2) is 41.7 Å². The summed E-state index contributed by atoms with van der Waals surface area (Å²) in [6.07, 6.45) is -3.32. The Kier molecular flexibility index (Phi) is 6.52. The minimum Gasteiger partial charge on any atom is -0.468 e. The molecule has 0 saturated carbocycles. The third kappa shape index (κ3) is 5.83. The van der Waals surface area contributed by atoms with Crippen LogP contribution in [0.25, 0.3) is 0 Å². The number of hydrogen-bond acceptors (Lipinski definition) is 7. The van der Waals surface area contributed by atoms with Gasteiger partial charge < -0.3 is 19.6 Å². The van der Waals surface area contributed by atoms with Crippen molar-refractivity contribution in [3.05, 3.63) is 42.1 Å². The van der Waals surface area contributed by atoms with Crippen molar-refractivity contribution >= 4 is 11.6 Å². The Morgan fingerprint density at radius 2 is 2.00 bits per heavy atom. The number of aromatic nitrogens is 2. The van der Waals surface area contributed by atoms with Gasteiger partial charge >= 0.3 is 12.2 Å². The average Bonchev–Trinajstić information content (AvgIpc) is 2.64. The standard InChI is InChI=1S/C16H15F3N4O4/c1-20-14(24)13(23-25-2)10-5-3-4-6-11(10)27-15-21-8-7-12(22-15)26-9-16(17,18)19/h3-8H,9H2,1-2H3,(H,20,24)/b23-13+. The van der Waals surface area contributed by atoms with E-state index >= 15 is 0 Å². The Labute approximate surface area is 152 Å². The van der Waals surface area contributed by atoms with Crippen LogP contribution in [0.3, 0.4) is 0 Å². The predicted octanol–water partition coefficient (Wildman–Crippen LogP) is 2.31. The molecule has 0 saturated heterocycles. The van der Waals surface area contributed by atoms with E-state index in [1.807, 2.05) is 0 Å². The normalized spacial score (nSPS) is 11.7. The van der Waals surface area contributed by atoms with E-state index in [0.29, 0.717) is 0 Å². The molecule has 0 spiro atoms. The maximum Gasteiger partial charge on any atom is 0.422 e. The van der Waals surface area contributed by atoms with Crippen LogP contribution in [0.4, 0.5) is 13.2 Å². The van der Waals surface area contributed by atoms with Crippen LogP contribution < -0.4 is 14.8 Å². The van der Waals surface area contributed by atoms with E-state index in [9.17, 15) is 18.0 Å². The largest absolute Gasteiger partial charge is 0.468 e. The fraction of sp³-hybridized carbons (Fsp3) is 0.250. The highest BCUT2D eigenvalue weighted by molar-refractivity contribution is 6.45. The number of nitrogens with zero attached hydrogens (tertiary/aromatic N) is 3. The average molecular weight is 384 g/mol. The summed E-state index contributed by atoms with van der Waals surface area (Å²) in [5, 5.41) is 6.09. The van der Waals surface area contributed by atoms with Gasteiger partial charge in [-0.1, -0.05) is 17.3 Å². The van der Waals surface area contributed by atoms with Crippen LogP contribution in [-0.2, 0) is 9.63 Å². The summed E-state index contributed by atoms with van der Waals surface area (Å²) in [4.78, 5) is 24.3. The molecule has 0 unspecified atom stereocenters. The number of carbonyl (C=O) groups is 1. The van der Waals surface area contributed by atoms with Crippen LogP contribution in [0.1, 0.15) is 5.56 Å². The Balaban J connectivity index is 2.28. The number of ether oxygens (including phenoxy) is 2. The first-order valence-corrected chi connectivity index (χ1v) is 7.47. The number of rotatable bonds is 7. The quantitative estimate of drug-likeness (QED) is 0.582. The number of alkyl halides is 3. The van der Waals surface area contributed by atoms with Crippen molar-refractivity contribution in [3.8, 4) is 17.6 Å². The molecule has 2 rings (SSSR count). The summed E-state index contributed by atoms with van der Waals surface area (Å²) in [6, 6.07) is 7.21. The molecule has 1 N–H and O–H groups in total. The number of benzene rings is 1. The molecule has 1 aromatic carbocycles. The monoisotopic (exact) mass is 384 g/mol. The second-order valence-corrected chi connectivity index (χ2v) is 4.88. The number of likely N-dealkylation sites (N-methyl/N-ethyl adjacent to an activating group) is 1. The Hall–Kier alpha value is -3.37. The fourth-order valence-electron chi connectivity index (χ4n) is 1.88. The zero-order valence-corrected chi connectivity index (χ0v) is 14.3. The van der Waals surface area contributed by atoms with Crippen LogP contribution in [0, 0.1) is 0 Å². The lowest BCUT2D eigenvalue weighted by atomic mass is 10.1. The summed E-state index contributed by atoms with van der Waals surface area (Å²) in [7, 11) is 2.69. The molecule has 0 bridgehead atoms. The molecule has 2 aromatic rings. The molecule has 8 nitrogen and oxygen atoms in total. The Morgan fingerprint density at radius 1 is 1.26 bits per heavy atom. The number of amides is 1. The minimum atomic E-state index is -4.50. The first-order chi connectivity index (χ1) is 12.8. The third-order valence-corrected chi connectivity index (χ3v) is 2.96. The van der Waals surface area contributed by atoms with Crippen molar-refractivity contribution in [2.24, 2.45) is 5.16 Å². The van der Waals surface area contributed by atoms with E-state index < -0.39 is 18.7 Å². The number of carbonyl (C=O) groups excluding carboxylic acids is 1. The molecular formula is C16H15F3N4O4. The Bertz CT molecular complexity index is 827. The van der Waals surface area contributed by atoms with E-state index in [2.05, 4.69) is 30.0 Å². The maximum atomic E-state index is 12.2. The molecule has 0 aliphatic carbocycles. The lowest BCUT2D eigenvalue weighted by molar-refractivity contribution is -0.154. The van der Waals surface area contributed by atoms with E-state index in [1.165, 1.54) is 26.4 Å². The van der Waals surface area contributed by atoms with Gasteiger partial charge in [-0.25, -0.2) is 4.98 Å². The molecule has 144 valence electrons. The molecule has 0 aliphatic rings. The number of para-hydroxylation sites is 1. The molecule has 0 atom stereocenters. The molecular weight excluding hydrogens is 369 g/mol. The first-order valence-electron chi connectivity index (χ1n) is 7.47. The topological polar surface area (TPSA) is 94.9 Å². The van der Waals surface area contributed by atoms with Gasteiger partial charge in [-0.05, 0) is 12.1 Å². The van der Waals surface area contributed by atoms with Gasteiger partial charge in [0, 0.05) is 19.3 Å². The van der Waals surface area contributed by atoms with Crippen molar-refractivity contribution in [3.63, 3.8) is 0 Å². The van der Waals surface area contributed by atoms with Crippen LogP contribution in [0.2, 0.25) is 0 Å². The summed E-state index contributed by atoms with van der Waals surface area (Å²) < 4.78 is 46.8. The van der Waals surface area contributed by atoms with E-state index in [4.69, 9.17) is 4.74 Å². The number of halogens is 3. The lowest BCUT2D eigenvalue weighted by Crippen LogP contribution is -2.28. The van der Waals surface area contributed by atoms with Crippen molar-refractivity contribution in [1.29, 1.82) is 0 Å². The molecule has 1 amide bonds. The van der Waals surface area contributed by atoms with Crippen LogP contribution in [-0.4, -0.2) is 48.5 Å². The number of oxime groups is 1. The summed E-state index contributed by atoms with van der Waals surface area (Å²) in [5.41, 5.74) is 0.198. The van der Waals surface area contributed by atoms with Gasteiger partial charge in [-0.2, -0.15) is 18.2 Å². The summed E-state index contributed by atoms with van der Waals surface area (Å²) >= 11 is 0. The molecule has 1 aromatic heterocycles. The van der Waals surface area contributed by atoms with Crippen molar-refractivity contribution in [2.45, 2.75) is 6.18 Å². The van der Waals surface area contributed by atoms with Crippen molar-refractivity contribution in [2.75, 3.05) is 20.8 Å². The lowest BCUT2D eigenvalue weighted by Gasteiger charge is -2.12. The maximum absolute atomic E-state index is 12.2. The Morgan fingerprint density at radius 3 is 2.67 bits per heavy atom. The van der Waals surface area contributed by atoms with Gasteiger partial charge in [-0.15, -0.1) is 0 Å². The van der Waals surface area contributed by atoms with Gasteiger partial charge in [-0.3, -0.25) is 4.79 Å². The zero-order valence-electron chi connectivity index (χ0n) is 14.3. The van der Waals surface area contributed by atoms with Gasteiger partial charge in [0.15, 0.2) is 12.3 Å². The predicted molar refractivity (Wildman–Crippen MR) is 87.7 cm³/mol. The summed E-state index contributed by atoms with van der Waals surface area (Å²) in [6.45, 7) is -1.50. The van der Waals surface area contributed by atoms with E-state index in [1.54, 1.807) is 18.2 Å². The van der Waals surface area contributed by atoms with E-state index in [-0.39, 0.29) is 28.9 Å². The fourth-order valence-corrected chi connectivity index (χ4v) is 1.88. The van der Waals surface area contributed by atoms with Gasteiger partial charge in [0.05, 0.1) is 5.56 Å². The zero-order chi connectivity index (χ0) is 19.9. The highest BCUT2D eigenvalue weighted by Gasteiger charge is 2.28. The van der Waals surface area contributed by atoms with E-state index in [0.717, 1.165) is 6.07 Å². The molecule has 1 heterocycles. The molecule has 0 fully saturated rings. The van der Waals surface area contributed by atoms with Gasteiger partial charge in [0.1, 0.15) is 12.9 Å². The van der Waals surface area contributed by atoms with Gasteiger partial charge in [0.25, 0.3) is 5.91 Å². The van der Waals surface area contributed by atoms with Crippen LogP contribution >= 0.6 is 0 Å². The smallest absolute Gasteiger partial charge is 0.422 e. The second kappa shape index (κ2) is 8.83. The SMILES string of the molecule is CNC(=O)/C(=N/OC)c1ccccc1Oc1nccc(OCC(F)(F)F)n1. The molecule has 11 heteroatoms. The number of hydrogen-bond donors (Lipinski definition) is 1. The number of nitrogens with one attached hydrogen (secondary N) is 1. The third-order valence-electron chi connectivity index (χ3n) is 2.96. The molecule has 0 aliphatic heterocycles. The highest BCUT2D eigenvalue weighted by Crippen LogP contribution is 2.25. The molecule has 27 heavy (non-hydrogen) atoms. The first kappa shape index (κ1) is 19.9. The minimum absolute atomic E-state index is 0.0694. The van der Waals surface area contributed by atoms with Crippen molar-refractivity contribution < 1.29 is 32.3 Å². The summed E-state index contributed by atoms with van der Waals surface area (Å²) in [5.74, 6) is -0.701. The van der Waals surface area contributed by atoms with Gasteiger partial charge in [0.2, 0.25) is 5.88 Å². The second-order valence-electron chi connectivity index (χ2n) is 4.88. The van der Waals surface area contributed by atoms with Crippen LogP contribution in [0.5, 0.6) is 17.6 Å².